The summed E-state index contributed by atoms with van der Waals surface area (Å²) >= 11 is 0. The Morgan fingerprint density at radius 3 is 2.73 bits per heavy atom. The van der Waals surface area contributed by atoms with Gasteiger partial charge in [0.05, 0.1) is 6.61 Å². The molecule has 0 aliphatic heterocycles. The van der Waals surface area contributed by atoms with E-state index in [0.29, 0.717) is 6.61 Å². The molecule has 0 aliphatic rings. The zero-order valence-electron chi connectivity index (χ0n) is 8.94. The second kappa shape index (κ2) is 8.21. The van der Waals surface area contributed by atoms with Gasteiger partial charge in [-0.1, -0.05) is 30.3 Å². The Morgan fingerprint density at radius 2 is 2.07 bits per heavy atom. The fourth-order valence-electron chi connectivity index (χ4n) is 1.12. The van der Waals surface area contributed by atoms with Gasteiger partial charge in [0.25, 0.3) is 0 Å². The van der Waals surface area contributed by atoms with Crippen LogP contribution in [0.4, 0.5) is 0 Å². The van der Waals surface area contributed by atoms with Crippen LogP contribution in [0, 0.1) is 0 Å². The van der Waals surface area contributed by atoms with Gasteiger partial charge >= 0.3 is 8.25 Å². The van der Waals surface area contributed by atoms with Crippen LogP contribution < -0.4 is 0 Å². The van der Waals surface area contributed by atoms with Crippen molar-refractivity contribution in [2.24, 2.45) is 0 Å². The predicted molar refractivity (Wildman–Crippen MR) is 73.2 cm³/mol. The molecule has 1 unspecified atom stereocenters. The van der Waals surface area contributed by atoms with Crippen molar-refractivity contribution in [2.45, 2.75) is 6.42 Å². The molecule has 3 nitrogen and oxygen atoms in total. The summed E-state index contributed by atoms with van der Waals surface area (Å²) in [7, 11) is -1.19. The van der Waals surface area contributed by atoms with E-state index in [1.54, 1.807) is 0 Å². The Hall–Kier alpha value is 0.0206. The van der Waals surface area contributed by atoms with E-state index in [0.717, 1.165) is 6.42 Å². The van der Waals surface area contributed by atoms with Crippen LogP contribution in [0.1, 0.15) is 5.56 Å². The molecule has 1 rings (SSSR count). The normalized spacial score (nSPS) is 14.4. The van der Waals surface area contributed by atoms with E-state index >= 15 is 0 Å². The van der Waals surface area contributed by atoms with E-state index in [9.17, 15) is 4.57 Å². The van der Waals surface area contributed by atoms with Crippen LogP contribution in [-0.4, -0.2) is 34.2 Å². The molecule has 1 aromatic rings. The van der Waals surface area contributed by atoms with Gasteiger partial charge in [-0.25, -0.2) is 0 Å². The molecule has 7 heteroatoms. The average molecular weight is 276 g/mol. The summed E-state index contributed by atoms with van der Waals surface area (Å²) < 4.78 is 21.5. The maximum Gasteiger partial charge on any atom is 0.308 e. The minimum atomic E-state index is -2.15. The monoisotopic (exact) mass is 276 g/mol. The van der Waals surface area contributed by atoms with Crippen LogP contribution in [0.15, 0.2) is 30.3 Å². The van der Waals surface area contributed by atoms with E-state index < -0.39 is 17.5 Å². The number of hydrogen-bond donors (Lipinski definition) is 0. The lowest BCUT2D eigenvalue weighted by molar-refractivity contribution is 0.294. The molecule has 0 amide bonds. The Bertz CT molecular complexity index is 296. The predicted octanol–water partition coefficient (Wildman–Crippen LogP) is -0.900. The van der Waals surface area contributed by atoms with Crippen molar-refractivity contribution in [3.05, 3.63) is 35.9 Å². The second-order valence-corrected chi connectivity index (χ2v) is 19.8. The lowest BCUT2D eigenvalue weighted by Crippen LogP contribution is -2.04. The summed E-state index contributed by atoms with van der Waals surface area (Å²) in [5.41, 5.74) is 1.21. The standard InChI is InChI=1S/C8H17O3PSi3/c9-12(11-14-15-13)10-7-6-8-4-2-1-3-5-8/h1-5,12H,6-7,14-15H2,13H3. The van der Waals surface area contributed by atoms with Crippen LogP contribution in [0.2, 0.25) is 0 Å². The van der Waals surface area contributed by atoms with E-state index in [4.69, 9.17) is 8.74 Å². The summed E-state index contributed by atoms with van der Waals surface area (Å²) in [5.74, 6) is 0. The van der Waals surface area contributed by atoms with Crippen LogP contribution in [0.3, 0.4) is 0 Å². The lowest BCUT2D eigenvalue weighted by atomic mass is 10.2. The van der Waals surface area contributed by atoms with Crippen molar-refractivity contribution < 1.29 is 13.3 Å². The van der Waals surface area contributed by atoms with Gasteiger partial charge in [0.1, 0.15) is 0 Å². The summed E-state index contributed by atoms with van der Waals surface area (Å²) in [6, 6.07) is 10.1. The van der Waals surface area contributed by atoms with Crippen molar-refractivity contribution in [1.82, 2.24) is 0 Å². The Labute approximate surface area is 98.3 Å². The first-order chi connectivity index (χ1) is 7.33. The van der Waals surface area contributed by atoms with Crippen LogP contribution in [-0.2, 0) is 19.7 Å². The fraction of sp³-hybridized carbons (Fsp3) is 0.250. The van der Waals surface area contributed by atoms with Gasteiger partial charge in [0.2, 0.25) is 0 Å². The molecule has 0 heterocycles. The third-order valence-corrected chi connectivity index (χ3v) is 11.2. The maximum atomic E-state index is 11.2. The van der Waals surface area contributed by atoms with Gasteiger partial charge < -0.3 is 8.74 Å². The van der Waals surface area contributed by atoms with Crippen LogP contribution in [0.25, 0.3) is 0 Å². The van der Waals surface area contributed by atoms with Gasteiger partial charge in [-0.15, -0.1) is 0 Å². The molecule has 0 spiro atoms. The van der Waals surface area contributed by atoms with Gasteiger partial charge in [-0.3, -0.25) is 4.57 Å². The molecule has 15 heavy (non-hydrogen) atoms. The molecule has 0 radical (unpaired) electrons. The lowest BCUT2D eigenvalue weighted by Gasteiger charge is -2.04. The van der Waals surface area contributed by atoms with E-state index in [1.165, 1.54) is 15.3 Å². The molecule has 0 fully saturated rings. The average Bonchev–Trinajstić information content (AvgIpc) is 2.28. The van der Waals surface area contributed by atoms with Crippen molar-refractivity contribution in [3.8, 4) is 0 Å². The van der Waals surface area contributed by atoms with Crippen molar-refractivity contribution in [3.63, 3.8) is 0 Å². The highest BCUT2D eigenvalue weighted by Crippen LogP contribution is 2.22. The molecule has 0 saturated carbocycles. The Morgan fingerprint density at radius 1 is 1.33 bits per heavy atom. The molecule has 84 valence electrons. The van der Waals surface area contributed by atoms with Gasteiger partial charge in [-0.05, 0) is 21.7 Å². The second-order valence-electron chi connectivity index (χ2n) is 3.18. The largest absolute Gasteiger partial charge is 0.365 e. The van der Waals surface area contributed by atoms with Gasteiger partial charge in [0, 0.05) is 8.55 Å². The first kappa shape index (κ1) is 13.1. The summed E-state index contributed by atoms with van der Waals surface area (Å²) in [6.45, 7) is 0.499. The van der Waals surface area contributed by atoms with E-state index in [2.05, 4.69) is 0 Å². The molecule has 0 aromatic heterocycles. The summed E-state index contributed by atoms with van der Waals surface area (Å²) in [5, 5.41) is 0. The molecule has 0 saturated heterocycles. The van der Waals surface area contributed by atoms with Gasteiger partial charge in [0.15, 0.2) is 9.28 Å². The maximum absolute atomic E-state index is 11.2. The quantitative estimate of drug-likeness (QED) is 0.478. The molecule has 1 aromatic carbocycles. The Kier molecular flexibility index (Phi) is 7.16. The molecule has 1 atom stereocenters. The topological polar surface area (TPSA) is 35.5 Å². The fourth-order valence-corrected chi connectivity index (χ4v) is 12.1. The zero-order chi connectivity index (χ0) is 10.9. The van der Waals surface area contributed by atoms with E-state index in [1.807, 2.05) is 30.3 Å². The SMILES string of the molecule is O=[PH](OCCc1ccccc1)O[SiH2][SiH2][SiH3]. The minimum absolute atomic E-state index is 0.0983. The first-order valence-electron chi connectivity index (χ1n) is 5.16. The highest BCUT2D eigenvalue weighted by Gasteiger charge is 1.99. The van der Waals surface area contributed by atoms with Crippen LogP contribution in [0.5, 0.6) is 0 Å². The van der Waals surface area contributed by atoms with Crippen molar-refractivity contribution in [2.75, 3.05) is 6.61 Å². The van der Waals surface area contributed by atoms with Crippen molar-refractivity contribution in [1.29, 1.82) is 0 Å². The van der Waals surface area contributed by atoms with E-state index in [-0.39, 0.29) is 8.55 Å². The van der Waals surface area contributed by atoms with Crippen LogP contribution >= 0.6 is 8.25 Å². The van der Waals surface area contributed by atoms with Gasteiger partial charge in [-0.2, -0.15) is 0 Å². The third-order valence-electron chi connectivity index (χ3n) is 1.88. The Balaban J connectivity index is 2.14. The third kappa shape index (κ3) is 6.24. The van der Waals surface area contributed by atoms with Crippen molar-refractivity contribution >= 4 is 35.9 Å². The smallest absolute Gasteiger partial charge is 0.308 e. The first-order valence-corrected chi connectivity index (χ1v) is 16.6. The number of hydrogen-bond acceptors (Lipinski definition) is 3. The highest BCUT2D eigenvalue weighted by molar-refractivity contribution is 7.38. The highest BCUT2D eigenvalue weighted by atomic mass is 31.1. The number of rotatable bonds is 7. The molecule has 0 bridgehead atoms. The molecular weight excluding hydrogens is 259 g/mol. The minimum Gasteiger partial charge on any atom is -0.365 e. The molecular formula is C8H17O3PSi3. The molecule has 0 N–H and O–H groups in total. The molecule has 0 aliphatic carbocycles. The zero-order valence-corrected chi connectivity index (χ0v) is 14.8. The number of benzene rings is 1. The summed E-state index contributed by atoms with van der Waals surface area (Å²) in [6.07, 6.45) is 0.806. The summed E-state index contributed by atoms with van der Waals surface area (Å²) in [4.78, 5) is 0.